The van der Waals surface area contributed by atoms with Crippen molar-refractivity contribution in [2.24, 2.45) is 0 Å². The summed E-state index contributed by atoms with van der Waals surface area (Å²) >= 11 is 0. The van der Waals surface area contributed by atoms with Gasteiger partial charge in [-0.25, -0.2) is 12.8 Å². The maximum Gasteiger partial charge on any atom is 0.265 e. The van der Waals surface area contributed by atoms with Crippen LogP contribution in [-0.2, 0) is 10.0 Å². The van der Waals surface area contributed by atoms with Crippen molar-refractivity contribution in [2.75, 3.05) is 10.5 Å². The molecule has 0 fully saturated rings. The fraction of sp³-hybridized carbons (Fsp3) is 0. The number of rotatable bonds is 3. The molecular formula is C9H9FN4O2S. The van der Waals surface area contributed by atoms with E-state index in [0.29, 0.717) is 0 Å². The molecule has 90 valence electrons. The van der Waals surface area contributed by atoms with Crippen LogP contribution in [0.15, 0.2) is 35.5 Å². The van der Waals surface area contributed by atoms with Crippen molar-refractivity contribution in [1.29, 1.82) is 0 Å². The first-order valence-corrected chi connectivity index (χ1v) is 6.04. The summed E-state index contributed by atoms with van der Waals surface area (Å²) in [6.07, 6.45) is 2.34. The van der Waals surface area contributed by atoms with Gasteiger partial charge in [-0.15, -0.1) is 0 Å². The van der Waals surface area contributed by atoms with E-state index in [1.807, 2.05) is 0 Å². The highest BCUT2D eigenvalue weighted by Crippen LogP contribution is 2.22. The largest absolute Gasteiger partial charge is 0.397 e. The third-order valence-corrected chi connectivity index (χ3v) is 3.38. The number of aromatic nitrogens is 2. The normalized spacial score (nSPS) is 11.4. The summed E-state index contributed by atoms with van der Waals surface area (Å²) in [7, 11) is -3.80. The summed E-state index contributed by atoms with van der Waals surface area (Å²) in [5.41, 5.74) is 5.66. The number of nitrogens with two attached hydrogens (primary N) is 1. The lowest BCUT2D eigenvalue weighted by Crippen LogP contribution is -2.13. The minimum Gasteiger partial charge on any atom is -0.397 e. The van der Waals surface area contributed by atoms with Crippen molar-refractivity contribution in [2.45, 2.75) is 4.90 Å². The number of benzene rings is 1. The van der Waals surface area contributed by atoms with Gasteiger partial charge in [0.1, 0.15) is 10.7 Å². The van der Waals surface area contributed by atoms with E-state index >= 15 is 0 Å². The number of nitrogens with zero attached hydrogens (tertiary/aromatic N) is 1. The average Bonchev–Trinajstić information content (AvgIpc) is 2.77. The fourth-order valence-electron chi connectivity index (χ4n) is 1.21. The molecule has 1 aromatic carbocycles. The summed E-state index contributed by atoms with van der Waals surface area (Å²) in [4.78, 5) is -0.0545. The summed E-state index contributed by atoms with van der Waals surface area (Å²) in [5.74, 6) is -0.580. The van der Waals surface area contributed by atoms with E-state index in [-0.39, 0.29) is 16.3 Å². The highest BCUT2D eigenvalue weighted by Gasteiger charge is 2.16. The second-order valence-electron chi connectivity index (χ2n) is 3.27. The molecule has 0 aliphatic rings. The van der Waals surface area contributed by atoms with Gasteiger partial charge in [0.25, 0.3) is 10.0 Å². The van der Waals surface area contributed by atoms with Crippen LogP contribution in [-0.4, -0.2) is 18.6 Å². The molecule has 0 saturated carbocycles. The monoisotopic (exact) mass is 256 g/mol. The number of halogens is 1. The van der Waals surface area contributed by atoms with Crippen LogP contribution >= 0.6 is 0 Å². The Morgan fingerprint density at radius 3 is 2.82 bits per heavy atom. The number of aromatic amines is 1. The molecule has 2 aromatic rings. The molecule has 6 nitrogen and oxygen atoms in total. The Balaban J connectivity index is 2.36. The molecule has 8 heteroatoms. The Morgan fingerprint density at radius 1 is 1.41 bits per heavy atom. The highest BCUT2D eigenvalue weighted by molar-refractivity contribution is 7.92. The van der Waals surface area contributed by atoms with Crippen LogP contribution in [0.2, 0.25) is 0 Å². The summed E-state index contributed by atoms with van der Waals surface area (Å²) in [5, 5.41) is 5.89. The third-order valence-electron chi connectivity index (χ3n) is 2.04. The van der Waals surface area contributed by atoms with Gasteiger partial charge in [-0.3, -0.25) is 9.82 Å². The van der Waals surface area contributed by atoms with Gasteiger partial charge in [-0.2, -0.15) is 5.10 Å². The Bertz CT molecular complexity index is 624. The van der Waals surface area contributed by atoms with Crippen LogP contribution in [0.1, 0.15) is 0 Å². The van der Waals surface area contributed by atoms with E-state index in [0.717, 1.165) is 18.3 Å². The third kappa shape index (κ3) is 2.36. The lowest BCUT2D eigenvalue weighted by Gasteiger charge is -2.08. The predicted molar refractivity (Wildman–Crippen MR) is 60.2 cm³/mol. The van der Waals surface area contributed by atoms with Crippen molar-refractivity contribution in [1.82, 2.24) is 10.2 Å². The van der Waals surface area contributed by atoms with Crippen LogP contribution in [0.25, 0.3) is 0 Å². The lowest BCUT2D eigenvalue weighted by molar-refractivity contribution is 0.601. The van der Waals surface area contributed by atoms with Crippen LogP contribution in [0, 0.1) is 5.82 Å². The molecule has 4 N–H and O–H groups in total. The maximum absolute atomic E-state index is 13.0. The maximum atomic E-state index is 13.0. The standard InChI is InChI=1S/C9H9FN4O2S/c10-6-1-2-8(11)9(3-6)14-17(15,16)7-4-12-13-5-7/h1-5,14H,11H2,(H,12,13). The number of H-pyrrole nitrogens is 1. The lowest BCUT2D eigenvalue weighted by atomic mass is 10.3. The summed E-state index contributed by atoms with van der Waals surface area (Å²) in [6.45, 7) is 0. The summed E-state index contributed by atoms with van der Waals surface area (Å²) in [6, 6.07) is 3.43. The van der Waals surface area contributed by atoms with Gasteiger partial charge in [0, 0.05) is 12.3 Å². The van der Waals surface area contributed by atoms with E-state index in [9.17, 15) is 12.8 Å². The Labute approximate surface area is 96.7 Å². The molecule has 0 atom stereocenters. The molecule has 2 rings (SSSR count). The topological polar surface area (TPSA) is 101 Å². The molecule has 1 aromatic heterocycles. The first-order valence-electron chi connectivity index (χ1n) is 4.56. The first-order chi connectivity index (χ1) is 7.99. The minimum absolute atomic E-state index is 0.00815. The molecule has 0 aliphatic heterocycles. The highest BCUT2D eigenvalue weighted by atomic mass is 32.2. The van der Waals surface area contributed by atoms with E-state index in [4.69, 9.17) is 5.73 Å². The first kappa shape index (κ1) is 11.4. The molecule has 17 heavy (non-hydrogen) atoms. The zero-order chi connectivity index (χ0) is 12.5. The zero-order valence-electron chi connectivity index (χ0n) is 8.51. The van der Waals surface area contributed by atoms with Gasteiger partial charge < -0.3 is 5.73 Å². The molecule has 1 heterocycles. The smallest absolute Gasteiger partial charge is 0.265 e. The number of hydrogen-bond acceptors (Lipinski definition) is 4. The number of nitrogen functional groups attached to an aromatic ring is 1. The Morgan fingerprint density at radius 2 is 2.18 bits per heavy atom. The van der Waals surface area contributed by atoms with Crippen LogP contribution in [0.5, 0.6) is 0 Å². The van der Waals surface area contributed by atoms with E-state index in [2.05, 4.69) is 14.9 Å². The van der Waals surface area contributed by atoms with Gasteiger partial charge in [-0.1, -0.05) is 0 Å². The molecule has 0 spiro atoms. The molecule has 0 amide bonds. The molecule has 0 radical (unpaired) electrons. The van der Waals surface area contributed by atoms with E-state index < -0.39 is 15.8 Å². The van der Waals surface area contributed by atoms with E-state index in [1.54, 1.807) is 0 Å². The zero-order valence-corrected chi connectivity index (χ0v) is 9.33. The number of anilines is 2. The molecular weight excluding hydrogens is 247 g/mol. The van der Waals surface area contributed by atoms with E-state index in [1.165, 1.54) is 12.3 Å². The van der Waals surface area contributed by atoms with Gasteiger partial charge in [0.15, 0.2) is 0 Å². The van der Waals surface area contributed by atoms with Crippen molar-refractivity contribution in [3.8, 4) is 0 Å². The molecule has 0 saturated heterocycles. The Hall–Kier alpha value is -2.09. The molecule has 0 unspecified atom stereocenters. The van der Waals surface area contributed by atoms with Gasteiger partial charge in [0.2, 0.25) is 0 Å². The second-order valence-corrected chi connectivity index (χ2v) is 4.95. The number of sulfonamides is 1. The van der Waals surface area contributed by atoms with Crippen LogP contribution in [0.4, 0.5) is 15.8 Å². The molecule has 0 bridgehead atoms. The fourth-order valence-corrected chi connectivity index (χ4v) is 2.19. The van der Waals surface area contributed by atoms with Crippen LogP contribution < -0.4 is 10.5 Å². The average molecular weight is 256 g/mol. The second kappa shape index (κ2) is 4.06. The Kier molecular flexibility index (Phi) is 2.72. The van der Waals surface area contributed by atoms with Crippen molar-refractivity contribution in [3.63, 3.8) is 0 Å². The van der Waals surface area contributed by atoms with Gasteiger partial charge in [0.05, 0.1) is 17.6 Å². The van der Waals surface area contributed by atoms with Crippen molar-refractivity contribution in [3.05, 3.63) is 36.4 Å². The summed E-state index contributed by atoms with van der Waals surface area (Å²) < 4.78 is 38.7. The van der Waals surface area contributed by atoms with Gasteiger partial charge >= 0.3 is 0 Å². The van der Waals surface area contributed by atoms with Gasteiger partial charge in [-0.05, 0) is 12.1 Å². The molecule has 0 aliphatic carbocycles. The predicted octanol–water partition coefficient (Wildman–Crippen LogP) is 0.932. The quantitative estimate of drug-likeness (QED) is 0.711. The van der Waals surface area contributed by atoms with Crippen molar-refractivity contribution >= 4 is 21.4 Å². The van der Waals surface area contributed by atoms with Crippen LogP contribution in [0.3, 0.4) is 0 Å². The minimum atomic E-state index is -3.80. The number of nitrogens with one attached hydrogen (secondary N) is 2. The number of hydrogen-bond donors (Lipinski definition) is 3. The van der Waals surface area contributed by atoms with Crippen molar-refractivity contribution < 1.29 is 12.8 Å². The SMILES string of the molecule is Nc1ccc(F)cc1NS(=O)(=O)c1cn[nH]c1.